The molecule has 0 radical (unpaired) electrons. The van der Waals surface area contributed by atoms with Gasteiger partial charge in [-0.15, -0.1) is 11.3 Å². The molecule has 1 fully saturated rings. The van der Waals surface area contributed by atoms with E-state index in [0.717, 1.165) is 30.5 Å². The molecule has 1 aliphatic heterocycles. The highest BCUT2D eigenvalue weighted by Crippen LogP contribution is 2.27. The number of nitrogens with zero attached hydrogens (tertiary/aromatic N) is 3. The number of fused-ring (bicyclic) bond motifs is 1. The summed E-state index contributed by atoms with van der Waals surface area (Å²) in [7, 11) is 0. The molecule has 0 aliphatic carbocycles. The molecule has 1 aliphatic rings. The van der Waals surface area contributed by atoms with E-state index in [1.165, 1.54) is 10.4 Å². The molecule has 0 bridgehead atoms. The molecule has 2 aromatic heterocycles. The Balaban J connectivity index is 1.49. The maximum Gasteiger partial charge on any atom is 0.270 e. The molecule has 4 rings (SSSR count). The molecule has 3 heterocycles. The maximum atomic E-state index is 13.4. The monoisotopic (exact) mass is 423 g/mol. The average molecular weight is 424 g/mol. The van der Waals surface area contributed by atoms with Crippen molar-refractivity contribution in [1.82, 2.24) is 14.4 Å². The minimum atomic E-state index is 0.0535. The SMILES string of the molecule is CCC(=O)N1CCN(C(=O)c2cc3ccsc3n2CCCc2ccccc2)CC1C. The lowest BCUT2D eigenvalue weighted by atomic mass is 10.1. The molecule has 1 saturated heterocycles. The van der Waals surface area contributed by atoms with Gasteiger partial charge in [0.1, 0.15) is 10.5 Å². The Morgan fingerprint density at radius 1 is 1.13 bits per heavy atom. The largest absolute Gasteiger partial charge is 0.336 e. The standard InChI is InChI=1S/C24H29N3O2S/c1-3-22(28)26-14-13-25(17-18(26)2)23(29)21-16-20-11-15-30-24(20)27(21)12-7-10-19-8-5-4-6-9-19/h4-6,8-9,11,15-16,18H,3,7,10,12-14,17H2,1-2H3. The van der Waals surface area contributed by atoms with Gasteiger partial charge in [0.05, 0.1) is 0 Å². The molecule has 0 saturated carbocycles. The summed E-state index contributed by atoms with van der Waals surface area (Å²) >= 11 is 1.69. The lowest BCUT2D eigenvalue weighted by molar-refractivity contribution is -0.134. The van der Waals surface area contributed by atoms with Gasteiger partial charge in [0.2, 0.25) is 5.91 Å². The maximum absolute atomic E-state index is 13.4. The number of benzene rings is 1. The van der Waals surface area contributed by atoms with Crippen LogP contribution < -0.4 is 0 Å². The van der Waals surface area contributed by atoms with Crippen LogP contribution in [0.2, 0.25) is 0 Å². The van der Waals surface area contributed by atoms with Crippen LogP contribution in [0, 0.1) is 0 Å². The summed E-state index contributed by atoms with van der Waals surface area (Å²) in [5.41, 5.74) is 2.10. The molecule has 158 valence electrons. The van der Waals surface area contributed by atoms with E-state index in [0.29, 0.717) is 26.1 Å². The zero-order valence-electron chi connectivity index (χ0n) is 17.7. The molecule has 3 aromatic rings. The predicted octanol–water partition coefficient (Wildman–Crippen LogP) is 4.42. The van der Waals surface area contributed by atoms with Crippen LogP contribution in [0.15, 0.2) is 47.8 Å². The summed E-state index contributed by atoms with van der Waals surface area (Å²) in [6.07, 6.45) is 2.49. The molecule has 1 aromatic carbocycles. The van der Waals surface area contributed by atoms with Crippen molar-refractivity contribution in [2.45, 2.75) is 45.7 Å². The highest BCUT2D eigenvalue weighted by Gasteiger charge is 2.31. The zero-order chi connectivity index (χ0) is 21.1. The van der Waals surface area contributed by atoms with Crippen molar-refractivity contribution in [3.63, 3.8) is 0 Å². The van der Waals surface area contributed by atoms with Crippen molar-refractivity contribution in [1.29, 1.82) is 0 Å². The van der Waals surface area contributed by atoms with E-state index in [-0.39, 0.29) is 17.9 Å². The molecule has 6 heteroatoms. The predicted molar refractivity (Wildman–Crippen MR) is 122 cm³/mol. The number of rotatable bonds is 6. The molecule has 1 atom stereocenters. The Hall–Kier alpha value is -2.60. The van der Waals surface area contributed by atoms with E-state index in [2.05, 4.69) is 40.3 Å². The molecule has 0 spiro atoms. The smallest absolute Gasteiger partial charge is 0.270 e. The van der Waals surface area contributed by atoms with E-state index in [9.17, 15) is 9.59 Å². The van der Waals surface area contributed by atoms with Crippen LogP contribution in [-0.4, -0.2) is 51.9 Å². The Kier molecular flexibility index (Phi) is 6.23. The number of carbonyl (C=O) groups is 2. The lowest BCUT2D eigenvalue weighted by Gasteiger charge is -2.40. The fourth-order valence-corrected chi connectivity index (χ4v) is 5.26. The number of thiophene rings is 1. The summed E-state index contributed by atoms with van der Waals surface area (Å²) in [4.78, 5) is 30.5. The Morgan fingerprint density at radius 3 is 2.67 bits per heavy atom. The minimum Gasteiger partial charge on any atom is -0.336 e. The first-order valence-corrected chi connectivity index (χ1v) is 11.7. The van der Waals surface area contributed by atoms with Gasteiger partial charge in [0, 0.05) is 44.0 Å². The van der Waals surface area contributed by atoms with Gasteiger partial charge in [-0.2, -0.15) is 0 Å². The molecule has 2 amide bonds. The lowest BCUT2D eigenvalue weighted by Crippen LogP contribution is -2.55. The van der Waals surface area contributed by atoms with Gasteiger partial charge in [-0.25, -0.2) is 0 Å². The van der Waals surface area contributed by atoms with Gasteiger partial charge in [-0.1, -0.05) is 37.3 Å². The first kappa shape index (κ1) is 20.7. The van der Waals surface area contributed by atoms with E-state index in [4.69, 9.17) is 0 Å². The third-order valence-corrected chi connectivity index (χ3v) is 6.90. The van der Waals surface area contributed by atoms with Crippen LogP contribution in [0.4, 0.5) is 0 Å². The van der Waals surface area contributed by atoms with Crippen LogP contribution in [0.5, 0.6) is 0 Å². The number of amides is 2. The number of carbonyl (C=O) groups excluding carboxylic acids is 2. The van der Waals surface area contributed by atoms with Crippen LogP contribution in [0.25, 0.3) is 10.2 Å². The van der Waals surface area contributed by atoms with Gasteiger partial charge in [0.15, 0.2) is 0 Å². The summed E-state index contributed by atoms with van der Waals surface area (Å²) < 4.78 is 2.19. The van der Waals surface area contributed by atoms with Crippen LogP contribution >= 0.6 is 11.3 Å². The van der Waals surface area contributed by atoms with E-state index in [1.807, 2.05) is 35.8 Å². The van der Waals surface area contributed by atoms with Gasteiger partial charge in [0.25, 0.3) is 5.91 Å². The zero-order valence-corrected chi connectivity index (χ0v) is 18.5. The van der Waals surface area contributed by atoms with Gasteiger partial charge in [-0.3, -0.25) is 9.59 Å². The van der Waals surface area contributed by atoms with Crippen molar-refractivity contribution in [2.75, 3.05) is 19.6 Å². The molecular formula is C24H29N3O2S. The first-order valence-electron chi connectivity index (χ1n) is 10.8. The number of aryl methyl sites for hydroxylation is 2. The molecule has 0 N–H and O–H groups in total. The topological polar surface area (TPSA) is 45.6 Å². The first-order chi connectivity index (χ1) is 14.6. The second kappa shape index (κ2) is 9.04. The Bertz CT molecular complexity index is 1020. The van der Waals surface area contributed by atoms with Crippen molar-refractivity contribution >= 4 is 33.4 Å². The van der Waals surface area contributed by atoms with Crippen molar-refractivity contribution < 1.29 is 9.59 Å². The van der Waals surface area contributed by atoms with Crippen LogP contribution in [0.3, 0.4) is 0 Å². The highest BCUT2D eigenvalue weighted by molar-refractivity contribution is 7.16. The molecule has 30 heavy (non-hydrogen) atoms. The number of aromatic nitrogens is 1. The summed E-state index contributed by atoms with van der Waals surface area (Å²) in [6, 6.07) is 14.7. The second-order valence-electron chi connectivity index (χ2n) is 7.99. The van der Waals surface area contributed by atoms with Gasteiger partial charge in [-0.05, 0) is 42.8 Å². The van der Waals surface area contributed by atoms with Crippen molar-refractivity contribution in [3.05, 3.63) is 59.1 Å². The fourth-order valence-electron chi connectivity index (χ4n) is 4.34. The van der Waals surface area contributed by atoms with Crippen LogP contribution in [-0.2, 0) is 17.8 Å². The highest BCUT2D eigenvalue weighted by atomic mass is 32.1. The van der Waals surface area contributed by atoms with E-state index in [1.54, 1.807) is 11.3 Å². The fraction of sp³-hybridized carbons (Fsp3) is 0.417. The minimum absolute atomic E-state index is 0.0535. The van der Waals surface area contributed by atoms with E-state index >= 15 is 0 Å². The van der Waals surface area contributed by atoms with Crippen molar-refractivity contribution in [2.24, 2.45) is 0 Å². The Morgan fingerprint density at radius 2 is 1.93 bits per heavy atom. The molecule has 5 nitrogen and oxygen atoms in total. The number of piperazine rings is 1. The van der Waals surface area contributed by atoms with Crippen molar-refractivity contribution in [3.8, 4) is 0 Å². The second-order valence-corrected chi connectivity index (χ2v) is 8.89. The number of hydrogen-bond acceptors (Lipinski definition) is 3. The van der Waals surface area contributed by atoms with Gasteiger partial charge >= 0.3 is 0 Å². The van der Waals surface area contributed by atoms with Crippen LogP contribution in [0.1, 0.15) is 42.7 Å². The van der Waals surface area contributed by atoms with E-state index < -0.39 is 0 Å². The Labute approximate surface area is 181 Å². The molecule has 1 unspecified atom stereocenters. The summed E-state index contributed by atoms with van der Waals surface area (Å²) in [5, 5.41) is 3.22. The normalized spacial score (nSPS) is 16.9. The third kappa shape index (κ3) is 4.15. The number of hydrogen-bond donors (Lipinski definition) is 0. The van der Waals surface area contributed by atoms with Gasteiger partial charge < -0.3 is 14.4 Å². The average Bonchev–Trinajstić information content (AvgIpc) is 3.35. The third-order valence-electron chi connectivity index (χ3n) is 5.95. The summed E-state index contributed by atoms with van der Waals surface area (Å²) in [6.45, 7) is 6.55. The quantitative estimate of drug-likeness (QED) is 0.589. The summed E-state index contributed by atoms with van der Waals surface area (Å²) in [5.74, 6) is 0.243. The molecular weight excluding hydrogens is 394 g/mol.